The van der Waals surface area contributed by atoms with E-state index in [2.05, 4.69) is 4.90 Å². The van der Waals surface area contributed by atoms with E-state index in [1.165, 1.54) is 0 Å². The van der Waals surface area contributed by atoms with Crippen LogP contribution in [0.1, 0.15) is 18.4 Å². The molecule has 1 aromatic carbocycles. The molecule has 2 fully saturated rings. The van der Waals surface area contributed by atoms with E-state index >= 15 is 0 Å². The third-order valence-electron chi connectivity index (χ3n) is 5.08. The highest BCUT2D eigenvalue weighted by atomic mass is 16.5. The first kappa shape index (κ1) is 17.7. The second-order valence-corrected chi connectivity index (χ2v) is 6.73. The molecule has 0 unspecified atom stereocenters. The van der Waals surface area contributed by atoms with Crippen LogP contribution in [0.25, 0.3) is 0 Å². The summed E-state index contributed by atoms with van der Waals surface area (Å²) in [5, 5.41) is 0. The van der Waals surface area contributed by atoms with Crippen LogP contribution in [0.4, 0.5) is 0 Å². The Morgan fingerprint density at radius 3 is 2.24 bits per heavy atom. The number of nitrogens with zero attached hydrogens (tertiary/aromatic N) is 3. The maximum atomic E-state index is 12.6. The van der Waals surface area contributed by atoms with Gasteiger partial charge in [-0.15, -0.1) is 0 Å². The van der Waals surface area contributed by atoms with Gasteiger partial charge in [-0.05, 0) is 18.9 Å². The van der Waals surface area contributed by atoms with Gasteiger partial charge in [-0.2, -0.15) is 0 Å². The summed E-state index contributed by atoms with van der Waals surface area (Å²) in [6.45, 7) is 5.16. The molecule has 2 saturated heterocycles. The van der Waals surface area contributed by atoms with Crippen molar-refractivity contribution in [3.63, 3.8) is 0 Å². The monoisotopic (exact) mass is 345 g/mol. The summed E-state index contributed by atoms with van der Waals surface area (Å²) in [6, 6.07) is 7.64. The summed E-state index contributed by atoms with van der Waals surface area (Å²) in [6.07, 6.45) is 2.60. The zero-order chi connectivity index (χ0) is 17.6. The number of carbonyl (C=O) groups is 2. The highest BCUT2D eigenvalue weighted by Gasteiger charge is 2.25. The van der Waals surface area contributed by atoms with Crippen molar-refractivity contribution in [2.75, 3.05) is 52.9 Å². The lowest BCUT2D eigenvalue weighted by Gasteiger charge is -2.35. The second kappa shape index (κ2) is 8.34. The molecule has 0 radical (unpaired) electrons. The highest BCUT2D eigenvalue weighted by Crippen LogP contribution is 2.19. The number of methoxy groups -OCH3 is 1. The number of rotatable bonds is 5. The highest BCUT2D eigenvalue weighted by molar-refractivity contribution is 5.80. The van der Waals surface area contributed by atoms with E-state index in [4.69, 9.17) is 4.74 Å². The van der Waals surface area contributed by atoms with E-state index in [1.54, 1.807) is 7.11 Å². The summed E-state index contributed by atoms with van der Waals surface area (Å²) in [7, 11) is 1.62. The molecule has 2 aliphatic heterocycles. The summed E-state index contributed by atoms with van der Waals surface area (Å²) in [4.78, 5) is 30.8. The molecule has 2 amide bonds. The van der Waals surface area contributed by atoms with Crippen molar-refractivity contribution < 1.29 is 14.3 Å². The number of hydrogen-bond acceptors (Lipinski definition) is 4. The Labute approximate surface area is 149 Å². The van der Waals surface area contributed by atoms with Gasteiger partial charge in [0.2, 0.25) is 11.8 Å². The molecule has 0 atom stereocenters. The number of para-hydroxylation sites is 1. The predicted octanol–water partition coefficient (Wildman–Crippen LogP) is 1.00. The zero-order valence-electron chi connectivity index (χ0n) is 14.9. The Balaban J connectivity index is 1.46. The average molecular weight is 345 g/mol. The zero-order valence-corrected chi connectivity index (χ0v) is 14.9. The first-order valence-corrected chi connectivity index (χ1v) is 9.07. The predicted molar refractivity (Wildman–Crippen MR) is 95.5 cm³/mol. The lowest BCUT2D eigenvalue weighted by molar-refractivity contribution is -0.134. The van der Waals surface area contributed by atoms with Crippen LogP contribution < -0.4 is 4.74 Å². The maximum Gasteiger partial charge on any atom is 0.236 e. The Bertz CT molecular complexity index is 606. The quantitative estimate of drug-likeness (QED) is 0.799. The molecule has 25 heavy (non-hydrogen) atoms. The molecule has 0 saturated carbocycles. The molecule has 6 heteroatoms. The topological polar surface area (TPSA) is 53.1 Å². The van der Waals surface area contributed by atoms with Crippen molar-refractivity contribution in [2.45, 2.75) is 19.3 Å². The van der Waals surface area contributed by atoms with Crippen LogP contribution in [0.2, 0.25) is 0 Å². The van der Waals surface area contributed by atoms with Crippen LogP contribution in [-0.4, -0.2) is 79.4 Å². The molecular formula is C19H27N3O3. The number of hydrogen-bond donors (Lipinski definition) is 0. The summed E-state index contributed by atoms with van der Waals surface area (Å²) in [5.74, 6) is 1.10. The molecule has 136 valence electrons. The molecule has 2 aliphatic rings. The van der Waals surface area contributed by atoms with Gasteiger partial charge in [-0.25, -0.2) is 0 Å². The number of likely N-dealkylation sites (tertiary alicyclic amines) is 1. The van der Waals surface area contributed by atoms with Gasteiger partial charge >= 0.3 is 0 Å². The molecular weight excluding hydrogens is 318 g/mol. The maximum absolute atomic E-state index is 12.6. The van der Waals surface area contributed by atoms with Gasteiger partial charge in [0.1, 0.15) is 5.75 Å². The van der Waals surface area contributed by atoms with E-state index in [-0.39, 0.29) is 11.8 Å². The van der Waals surface area contributed by atoms with Crippen LogP contribution in [0.15, 0.2) is 24.3 Å². The van der Waals surface area contributed by atoms with Crippen molar-refractivity contribution in [3.05, 3.63) is 29.8 Å². The normalized spacial score (nSPS) is 18.4. The fraction of sp³-hybridized carbons (Fsp3) is 0.579. The molecule has 0 bridgehead atoms. The number of benzene rings is 1. The first-order chi connectivity index (χ1) is 12.2. The van der Waals surface area contributed by atoms with Crippen molar-refractivity contribution in [3.8, 4) is 5.75 Å². The minimum Gasteiger partial charge on any atom is -0.496 e. The van der Waals surface area contributed by atoms with Crippen molar-refractivity contribution in [2.24, 2.45) is 0 Å². The third-order valence-corrected chi connectivity index (χ3v) is 5.08. The number of piperazine rings is 1. The fourth-order valence-electron chi connectivity index (χ4n) is 3.54. The largest absolute Gasteiger partial charge is 0.496 e. The molecule has 0 aromatic heterocycles. The fourth-order valence-corrected chi connectivity index (χ4v) is 3.54. The number of ether oxygens (including phenoxy) is 1. The smallest absolute Gasteiger partial charge is 0.236 e. The number of amides is 2. The molecule has 3 rings (SSSR count). The van der Waals surface area contributed by atoms with E-state index < -0.39 is 0 Å². The molecule has 1 aromatic rings. The SMILES string of the molecule is COc1ccccc1CC(=O)N1CCN(CC(=O)N2CCCC2)CC1. The Hall–Kier alpha value is -2.08. The lowest BCUT2D eigenvalue weighted by atomic mass is 10.1. The molecule has 6 nitrogen and oxygen atoms in total. The summed E-state index contributed by atoms with van der Waals surface area (Å²) >= 11 is 0. The molecule has 2 heterocycles. The van der Waals surface area contributed by atoms with E-state index in [0.717, 1.165) is 50.3 Å². The van der Waals surface area contributed by atoms with Crippen LogP contribution in [0, 0.1) is 0 Å². The minimum absolute atomic E-state index is 0.120. The van der Waals surface area contributed by atoms with Gasteiger partial charge in [0.25, 0.3) is 0 Å². The Morgan fingerprint density at radius 1 is 0.920 bits per heavy atom. The standard InChI is InChI=1S/C19H27N3O3/c1-25-17-7-3-2-6-16(17)14-18(23)22-12-10-20(11-13-22)15-19(24)21-8-4-5-9-21/h2-3,6-7H,4-5,8-15H2,1H3. The van der Waals surface area contributed by atoms with Gasteiger partial charge in [0.05, 0.1) is 20.1 Å². The number of carbonyl (C=O) groups excluding carboxylic acids is 2. The van der Waals surface area contributed by atoms with Gasteiger partial charge in [0.15, 0.2) is 0 Å². The van der Waals surface area contributed by atoms with Crippen LogP contribution in [0.5, 0.6) is 5.75 Å². The Kier molecular flexibility index (Phi) is 5.91. The van der Waals surface area contributed by atoms with E-state index in [9.17, 15) is 9.59 Å². The van der Waals surface area contributed by atoms with Crippen molar-refractivity contribution >= 4 is 11.8 Å². The van der Waals surface area contributed by atoms with Crippen LogP contribution in [-0.2, 0) is 16.0 Å². The summed E-state index contributed by atoms with van der Waals surface area (Å²) < 4.78 is 5.32. The van der Waals surface area contributed by atoms with Gasteiger partial charge in [0, 0.05) is 44.8 Å². The van der Waals surface area contributed by atoms with Crippen LogP contribution in [0.3, 0.4) is 0 Å². The van der Waals surface area contributed by atoms with Gasteiger partial charge < -0.3 is 14.5 Å². The van der Waals surface area contributed by atoms with E-state index in [0.29, 0.717) is 26.1 Å². The van der Waals surface area contributed by atoms with Crippen molar-refractivity contribution in [1.82, 2.24) is 14.7 Å². The van der Waals surface area contributed by atoms with Gasteiger partial charge in [-0.1, -0.05) is 18.2 Å². The first-order valence-electron chi connectivity index (χ1n) is 9.07. The second-order valence-electron chi connectivity index (χ2n) is 6.73. The van der Waals surface area contributed by atoms with Crippen LogP contribution >= 0.6 is 0 Å². The van der Waals surface area contributed by atoms with E-state index in [1.807, 2.05) is 34.1 Å². The molecule has 0 spiro atoms. The lowest BCUT2D eigenvalue weighted by Crippen LogP contribution is -2.51. The summed E-state index contributed by atoms with van der Waals surface area (Å²) in [5.41, 5.74) is 0.918. The third kappa shape index (κ3) is 4.51. The molecule has 0 N–H and O–H groups in total. The van der Waals surface area contributed by atoms with Crippen molar-refractivity contribution in [1.29, 1.82) is 0 Å². The minimum atomic E-state index is 0.120. The average Bonchev–Trinajstić information content (AvgIpc) is 3.17. The Morgan fingerprint density at radius 2 is 1.56 bits per heavy atom. The molecule has 0 aliphatic carbocycles. The van der Waals surface area contributed by atoms with Gasteiger partial charge in [-0.3, -0.25) is 14.5 Å².